The third-order valence-corrected chi connectivity index (χ3v) is 4.36. The summed E-state index contributed by atoms with van der Waals surface area (Å²) in [5, 5.41) is 1.95. The molecule has 0 aliphatic rings. The molecule has 130 valence electrons. The lowest BCUT2D eigenvalue weighted by Gasteiger charge is -2.06. The zero-order chi connectivity index (χ0) is 18.1. The van der Waals surface area contributed by atoms with E-state index in [1.54, 1.807) is 6.07 Å². The van der Waals surface area contributed by atoms with Crippen molar-refractivity contribution in [2.24, 2.45) is 0 Å². The van der Waals surface area contributed by atoms with Gasteiger partial charge in [-0.3, -0.25) is 20.4 Å². The van der Waals surface area contributed by atoms with Crippen molar-refractivity contribution < 1.29 is 9.59 Å². The number of benzene rings is 2. The van der Waals surface area contributed by atoms with Gasteiger partial charge in [-0.1, -0.05) is 30.3 Å². The van der Waals surface area contributed by atoms with E-state index < -0.39 is 0 Å². The smallest absolute Gasteiger partial charge is 0.286 e. The van der Waals surface area contributed by atoms with Crippen molar-refractivity contribution in [2.45, 2.75) is 13.3 Å². The molecule has 4 rings (SSSR count). The maximum Gasteiger partial charge on any atom is 0.286 e. The van der Waals surface area contributed by atoms with E-state index in [-0.39, 0.29) is 18.2 Å². The fourth-order valence-electron chi connectivity index (χ4n) is 3.05. The molecule has 0 aliphatic carbocycles. The third kappa shape index (κ3) is 3.04. The van der Waals surface area contributed by atoms with E-state index in [4.69, 9.17) is 0 Å². The number of H-pyrrole nitrogens is 2. The number of aromatic nitrogens is 2. The number of carbonyl (C=O) groups is 2. The summed E-state index contributed by atoms with van der Waals surface area (Å²) in [5.74, 6) is -0.666. The Balaban J connectivity index is 1.41. The first kappa shape index (κ1) is 16.0. The van der Waals surface area contributed by atoms with Gasteiger partial charge in [-0.05, 0) is 36.2 Å². The first-order valence-electron chi connectivity index (χ1n) is 8.34. The Morgan fingerprint density at radius 1 is 1.00 bits per heavy atom. The Bertz CT molecular complexity index is 1120. The van der Waals surface area contributed by atoms with Gasteiger partial charge in [-0.2, -0.15) is 0 Å². The highest BCUT2D eigenvalue weighted by molar-refractivity contribution is 5.99. The molecule has 2 aromatic heterocycles. The minimum absolute atomic E-state index is 0.177. The van der Waals surface area contributed by atoms with Gasteiger partial charge in [0.05, 0.1) is 6.42 Å². The van der Waals surface area contributed by atoms with Crippen molar-refractivity contribution in [2.75, 3.05) is 0 Å². The summed E-state index contributed by atoms with van der Waals surface area (Å²) >= 11 is 0. The number of hydrogen-bond donors (Lipinski definition) is 4. The van der Waals surface area contributed by atoms with Crippen LogP contribution >= 0.6 is 0 Å². The first-order chi connectivity index (χ1) is 12.6. The first-order valence-corrected chi connectivity index (χ1v) is 8.34. The van der Waals surface area contributed by atoms with Gasteiger partial charge >= 0.3 is 0 Å². The Kier molecular flexibility index (Phi) is 3.93. The van der Waals surface area contributed by atoms with Crippen LogP contribution in [0.15, 0.2) is 54.7 Å². The van der Waals surface area contributed by atoms with Gasteiger partial charge in [0.15, 0.2) is 0 Å². The lowest BCUT2D eigenvalue weighted by molar-refractivity contribution is -0.121. The lowest BCUT2D eigenvalue weighted by Crippen LogP contribution is -2.42. The highest BCUT2D eigenvalue weighted by Gasteiger charge is 2.12. The van der Waals surface area contributed by atoms with Crippen molar-refractivity contribution in [3.05, 3.63) is 71.5 Å². The topological polar surface area (TPSA) is 89.8 Å². The van der Waals surface area contributed by atoms with E-state index >= 15 is 0 Å². The Morgan fingerprint density at radius 3 is 2.73 bits per heavy atom. The molecule has 0 spiro atoms. The number of rotatable bonds is 3. The van der Waals surface area contributed by atoms with E-state index in [9.17, 15) is 9.59 Å². The van der Waals surface area contributed by atoms with Crippen molar-refractivity contribution in [1.82, 2.24) is 20.8 Å². The van der Waals surface area contributed by atoms with Gasteiger partial charge in [-0.25, -0.2) is 0 Å². The zero-order valence-electron chi connectivity index (χ0n) is 14.2. The largest absolute Gasteiger partial charge is 0.361 e. The van der Waals surface area contributed by atoms with E-state index in [1.807, 2.05) is 55.6 Å². The SMILES string of the molecule is Cc1ccc2cc(C(=O)NNC(=O)Cc3c[nH]c4ccccc34)[nH]c2c1. The maximum atomic E-state index is 12.3. The molecule has 0 radical (unpaired) electrons. The molecular formula is C20H18N4O2. The molecule has 0 unspecified atom stereocenters. The van der Waals surface area contributed by atoms with Gasteiger partial charge in [0.1, 0.15) is 5.69 Å². The Hall–Kier alpha value is -3.54. The van der Waals surface area contributed by atoms with Crippen LogP contribution in [0.2, 0.25) is 0 Å². The van der Waals surface area contributed by atoms with Gasteiger partial charge in [0, 0.05) is 28.0 Å². The molecule has 26 heavy (non-hydrogen) atoms. The summed E-state index contributed by atoms with van der Waals surface area (Å²) < 4.78 is 0. The predicted octanol–water partition coefficient (Wildman–Crippen LogP) is 2.96. The average molecular weight is 346 g/mol. The van der Waals surface area contributed by atoms with E-state index in [0.717, 1.165) is 32.9 Å². The van der Waals surface area contributed by atoms with Crippen LogP contribution in [-0.2, 0) is 11.2 Å². The summed E-state index contributed by atoms with van der Waals surface area (Å²) in [4.78, 5) is 30.6. The van der Waals surface area contributed by atoms with E-state index in [0.29, 0.717) is 5.69 Å². The second-order valence-corrected chi connectivity index (χ2v) is 6.31. The van der Waals surface area contributed by atoms with Crippen LogP contribution in [0.1, 0.15) is 21.6 Å². The number of fused-ring (bicyclic) bond motifs is 2. The van der Waals surface area contributed by atoms with Crippen LogP contribution in [0, 0.1) is 6.92 Å². The quantitative estimate of drug-likeness (QED) is 0.430. The highest BCUT2D eigenvalue weighted by atomic mass is 16.2. The molecule has 2 heterocycles. The highest BCUT2D eigenvalue weighted by Crippen LogP contribution is 2.18. The van der Waals surface area contributed by atoms with Crippen LogP contribution in [-0.4, -0.2) is 21.8 Å². The third-order valence-electron chi connectivity index (χ3n) is 4.36. The summed E-state index contributed by atoms with van der Waals surface area (Å²) in [6, 6.07) is 15.4. The lowest BCUT2D eigenvalue weighted by atomic mass is 10.1. The fourth-order valence-corrected chi connectivity index (χ4v) is 3.05. The number of aryl methyl sites for hydroxylation is 1. The van der Waals surface area contributed by atoms with Crippen LogP contribution in [0.4, 0.5) is 0 Å². The molecule has 6 heteroatoms. The molecule has 0 saturated heterocycles. The molecular weight excluding hydrogens is 328 g/mol. The van der Waals surface area contributed by atoms with Crippen molar-refractivity contribution in [3.63, 3.8) is 0 Å². The molecule has 2 aromatic carbocycles. The molecule has 0 bridgehead atoms. The van der Waals surface area contributed by atoms with Gasteiger partial charge in [0.25, 0.3) is 5.91 Å². The van der Waals surface area contributed by atoms with Crippen LogP contribution in [0.3, 0.4) is 0 Å². The van der Waals surface area contributed by atoms with Gasteiger partial charge in [-0.15, -0.1) is 0 Å². The number of aromatic amines is 2. The van der Waals surface area contributed by atoms with Crippen molar-refractivity contribution in [1.29, 1.82) is 0 Å². The molecule has 6 nitrogen and oxygen atoms in total. The van der Waals surface area contributed by atoms with E-state index in [2.05, 4.69) is 20.8 Å². The second kappa shape index (κ2) is 6.40. The number of carbonyl (C=O) groups excluding carboxylic acids is 2. The predicted molar refractivity (Wildman–Crippen MR) is 101 cm³/mol. The molecule has 0 aliphatic heterocycles. The summed E-state index contributed by atoms with van der Waals surface area (Å²) in [6.45, 7) is 1.99. The molecule has 0 saturated carbocycles. The van der Waals surface area contributed by atoms with Crippen LogP contribution < -0.4 is 10.9 Å². The summed E-state index contributed by atoms with van der Waals surface area (Å²) in [5.41, 5.74) is 9.18. The second-order valence-electron chi connectivity index (χ2n) is 6.31. The monoisotopic (exact) mass is 346 g/mol. The Labute approximate surface area is 149 Å². The van der Waals surface area contributed by atoms with Gasteiger partial charge in [0.2, 0.25) is 5.91 Å². The minimum atomic E-state index is -0.383. The normalized spacial score (nSPS) is 11.0. The molecule has 0 fully saturated rings. The van der Waals surface area contributed by atoms with E-state index in [1.165, 1.54) is 0 Å². The standard InChI is InChI=1S/C20H18N4O2/c1-12-6-7-13-9-18(22-17(13)8-12)20(26)24-23-19(25)10-14-11-21-16-5-3-2-4-15(14)16/h2-9,11,21-22H,10H2,1H3,(H,23,25)(H,24,26). The van der Waals surface area contributed by atoms with Crippen molar-refractivity contribution >= 4 is 33.6 Å². The molecule has 0 atom stereocenters. The molecule has 2 amide bonds. The fraction of sp³-hybridized carbons (Fsp3) is 0.100. The zero-order valence-corrected chi connectivity index (χ0v) is 14.2. The average Bonchev–Trinajstić information content (AvgIpc) is 3.24. The summed E-state index contributed by atoms with van der Waals surface area (Å²) in [6.07, 6.45) is 1.99. The van der Waals surface area contributed by atoms with Crippen LogP contribution in [0.5, 0.6) is 0 Å². The maximum absolute atomic E-state index is 12.3. The molecule has 4 N–H and O–H groups in total. The van der Waals surface area contributed by atoms with Gasteiger partial charge < -0.3 is 9.97 Å². The van der Waals surface area contributed by atoms with Crippen molar-refractivity contribution in [3.8, 4) is 0 Å². The van der Waals surface area contributed by atoms with Crippen LogP contribution in [0.25, 0.3) is 21.8 Å². The summed E-state index contributed by atoms with van der Waals surface area (Å²) in [7, 11) is 0. The number of amides is 2. The number of hydrazine groups is 1. The number of hydrogen-bond acceptors (Lipinski definition) is 2. The minimum Gasteiger partial charge on any atom is -0.361 e. The Morgan fingerprint density at radius 2 is 1.85 bits per heavy atom. The number of nitrogens with one attached hydrogen (secondary N) is 4. The number of para-hydroxylation sites is 1. The molecule has 4 aromatic rings.